The van der Waals surface area contributed by atoms with Crippen LogP contribution in [0.3, 0.4) is 0 Å². The maximum absolute atomic E-state index is 12.9. The van der Waals surface area contributed by atoms with Crippen LogP contribution in [0.5, 0.6) is 11.5 Å². The molecule has 0 N–H and O–H groups in total. The summed E-state index contributed by atoms with van der Waals surface area (Å²) >= 11 is 0. The van der Waals surface area contributed by atoms with Gasteiger partial charge in [0.2, 0.25) is 0 Å². The average molecular weight is 379 g/mol. The third-order valence-electron chi connectivity index (χ3n) is 4.59. The van der Waals surface area contributed by atoms with Crippen molar-refractivity contribution in [1.82, 2.24) is 14.9 Å². The molecule has 1 atom stereocenters. The lowest BCUT2D eigenvalue weighted by atomic mass is 10.2. The normalized spacial score (nSPS) is 16.8. The Morgan fingerprint density at radius 3 is 2.71 bits per heavy atom. The van der Waals surface area contributed by atoms with Crippen LogP contribution in [-0.2, 0) is 4.74 Å². The van der Waals surface area contributed by atoms with Gasteiger partial charge in [-0.2, -0.15) is 0 Å². The first-order chi connectivity index (χ1) is 13.7. The Hall–Kier alpha value is -3.19. The van der Waals surface area contributed by atoms with E-state index >= 15 is 0 Å². The summed E-state index contributed by atoms with van der Waals surface area (Å²) in [6.45, 7) is 1.72. The van der Waals surface area contributed by atoms with Crippen LogP contribution in [-0.4, -0.2) is 60.3 Å². The van der Waals surface area contributed by atoms with Gasteiger partial charge in [-0.3, -0.25) is 9.78 Å². The number of hydrogen-bond acceptors (Lipinski definition) is 6. The molecular weight excluding hydrogens is 358 g/mol. The van der Waals surface area contributed by atoms with Crippen LogP contribution in [0.4, 0.5) is 0 Å². The molecular formula is C21H21N3O4. The van der Waals surface area contributed by atoms with E-state index in [9.17, 15) is 4.79 Å². The summed E-state index contributed by atoms with van der Waals surface area (Å²) in [5.41, 5.74) is 1.81. The van der Waals surface area contributed by atoms with E-state index in [-0.39, 0.29) is 12.0 Å². The Bertz CT molecular complexity index is 979. The first-order valence-electron chi connectivity index (χ1n) is 9.13. The van der Waals surface area contributed by atoms with E-state index in [0.29, 0.717) is 49.0 Å². The van der Waals surface area contributed by atoms with Crippen LogP contribution in [0, 0.1) is 0 Å². The van der Waals surface area contributed by atoms with E-state index in [1.807, 2.05) is 48.5 Å². The number of nitrogens with zero attached hydrogens (tertiary/aromatic N) is 3. The predicted molar refractivity (Wildman–Crippen MR) is 104 cm³/mol. The molecule has 4 rings (SSSR count). The van der Waals surface area contributed by atoms with E-state index in [4.69, 9.17) is 14.2 Å². The molecule has 0 spiro atoms. The molecule has 2 heterocycles. The van der Waals surface area contributed by atoms with Gasteiger partial charge in [-0.25, -0.2) is 4.98 Å². The number of para-hydroxylation sites is 4. The Balaban J connectivity index is 1.42. The van der Waals surface area contributed by atoms with Crippen molar-refractivity contribution in [1.29, 1.82) is 0 Å². The molecule has 2 aromatic carbocycles. The zero-order valence-electron chi connectivity index (χ0n) is 15.6. The monoisotopic (exact) mass is 379 g/mol. The third kappa shape index (κ3) is 3.89. The van der Waals surface area contributed by atoms with Crippen molar-refractivity contribution in [2.45, 2.75) is 6.10 Å². The van der Waals surface area contributed by atoms with Gasteiger partial charge in [0.1, 0.15) is 18.4 Å². The zero-order valence-corrected chi connectivity index (χ0v) is 15.6. The number of morpholine rings is 1. The summed E-state index contributed by atoms with van der Waals surface area (Å²) < 4.78 is 16.9. The van der Waals surface area contributed by atoms with Crippen molar-refractivity contribution >= 4 is 16.9 Å². The highest BCUT2D eigenvalue weighted by atomic mass is 16.5. The van der Waals surface area contributed by atoms with E-state index in [2.05, 4.69) is 9.97 Å². The van der Waals surface area contributed by atoms with Crippen LogP contribution in [0.15, 0.2) is 54.7 Å². The zero-order chi connectivity index (χ0) is 19.3. The van der Waals surface area contributed by atoms with Crippen molar-refractivity contribution in [2.24, 2.45) is 0 Å². The largest absolute Gasteiger partial charge is 0.493 e. The van der Waals surface area contributed by atoms with Gasteiger partial charge in [-0.1, -0.05) is 24.3 Å². The van der Waals surface area contributed by atoms with Crippen molar-refractivity contribution in [3.8, 4) is 11.5 Å². The minimum Gasteiger partial charge on any atom is -0.493 e. The molecule has 1 saturated heterocycles. The maximum Gasteiger partial charge on any atom is 0.274 e. The van der Waals surface area contributed by atoms with Crippen LogP contribution in [0.1, 0.15) is 10.5 Å². The number of amides is 1. The lowest BCUT2D eigenvalue weighted by Crippen LogP contribution is -2.47. The molecule has 1 fully saturated rings. The van der Waals surface area contributed by atoms with E-state index < -0.39 is 0 Å². The van der Waals surface area contributed by atoms with Crippen molar-refractivity contribution < 1.29 is 19.0 Å². The molecule has 1 aromatic heterocycles. The van der Waals surface area contributed by atoms with E-state index in [1.54, 1.807) is 12.0 Å². The predicted octanol–water partition coefficient (Wildman–Crippen LogP) is 2.56. The van der Waals surface area contributed by atoms with Crippen LogP contribution >= 0.6 is 0 Å². The maximum atomic E-state index is 12.9. The fraction of sp³-hybridized carbons (Fsp3) is 0.286. The Labute approximate surface area is 162 Å². The molecule has 0 aliphatic carbocycles. The molecule has 1 amide bonds. The lowest BCUT2D eigenvalue weighted by molar-refractivity contribution is -0.0405. The molecule has 28 heavy (non-hydrogen) atoms. The molecule has 0 saturated carbocycles. The number of aromatic nitrogens is 2. The molecule has 7 heteroatoms. The summed E-state index contributed by atoms with van der Waals surface area (Å²) in [7, 11) is 1.60. The molecule has 0 radical (unpaired) electrons. The van der Waals surface area contributed by atoms with Gasteiger partial charge in [-0.15, -0.1) is 0 Å². The van der Waals surface area contributed by atoms with Crippen molar-refractivity contribution in [3.63, 3.8) is 0 Å². The quantitative estimate of drug-likeness (QED) is 0.678. The van der Waals surface area contributed by atoms with Gasteiger partial charge in [0, 0.05) is 6.54 Å². The summed E-state index contributed by atoms with van der Waals surface area (Å²) in [5.74, 6) is 1.17. The van der Waals surface area contributed by atoms with Gasteiger partial charge in [0.25, 0.3) is 5.91 Å². The summed E-state index contributed by atoms with van der Waals surface area (Å²) in [6.07, 6.45) is 1.30. The van der Waals surface area contributed by atoms with Crippen LogP contribution < -0.4 is 9.47 Å². The van der Waals surface area contributed by atoms with E-state index in [0.717, 1.165) is 5.52 Å². The van der Waals surface area contributed by atoms with Gasteiger partial charge in [0.15, 0.2) is 11.5 Å². The van der Waals surface area contributed by atoms with Gasteiger partial charge in [-0.05, 0) is 24.3 Å². The number of ether oxygens (including phenoxy) is 3. The second-order valence-electron chi connectivity index (χ2n) is 6.45. The highest BCUT2D eigenvalue weighted by molar-refractivity contribution is 5.93. The molecule has 3 aromatic rings. The van der Waals surface area contributed by atoms with Crippen LogP contribution in [0.2, 0.25) is 0 Å². The number of carbonyl (C=O) groups is 1. The standard InChI is InChI=1S/C21H21N3O4/c1-26-19-8-4-5-9-20(19)28-14-15-13-24(10-11-27-15)21(25)18-12-22-16-6-2-3-7-17(16)23-18/h2-9,12,15H,10-11,13-14H2,1H3. The van der Waals surface area contributed by atoms with Gasteiger partial charge < -0.3 is 19.1 Å². The second-order valence-corrected chi connectivity index (χ2v) is 6.45. The summed E-state index contributed by atoms with van der Waals surface area (Å²) in [6, 6.07) is 14.9. The molecule has 7 nitrogen and oxygen atoms in total. The number of benzene rings is 2. The van der Waals surface area contributed by atoms with Crippen molar-refractivity contribution in [3.05, 3.63) is 60.4 Å². The van der Waals surface area contributed by atoms with Crippen molar-refractivity contribution in [2.75, 3.05) is 33.4 Å². The number of rotatable bonds is 5. The fourth-order valence-electron chi connectivity index (χ4n) is 3.15. The van der Waals surface area contributed by atoms with E-state index in [1.165, 1.54) is 6.20 Å². The first kappa shape index (κ1) is 18.2. The number of fused-ring (bicyclic) bond motifs is 1. The average Bonchev–Trinajstić information content (AvgIpc) is 2.77. The molecule has 1 unspecified atom stereocenters. The first-order valence-corrected chi connectivity index (χ1v) is 9.13. The minimum absolute atomic E-state index is 0.149. The summed E-state index contributed by atoms with van der Waals surface area (Å²) in [5, 5.41) is 0. The molecule has 144 valence electrons. The Morgan fingerprint density at radius 2 is 1.89 bits per heavy atom. The van der Waals surface area contributed by atoms with Gasteiger partial charge in [0.05, 0.1) is 37.5 Å². The number of carbonyl (C=O) groups excluding carboxylic acids is 1. The number of hydrogen-bond donors (Lipinski definition) is 0. The molecule has 1 aliphatic rings. The highest BCUT2D eigenvalue weighted by Crippen LogP contribution is 2.26. The Morgan fingerprint density at radius 1 is 1.14 bits per heavy atom. The topological polar surface area (TPSA) is 73.8 Å². The Kier molecular flexibility index (Phi) is 5.34. The minimum atomic E-state index is -0.226. The smallest absolute Gasteiger partial charge is 0.274 e. The second kappa shape index (κ2) is 8.22. The van der Waals surface area contributed by atoms with Crippen LogP contribution in [0.25, 0.3) is 11.0 Å². The third-order valence-corrected chi connectivity index (χ3v) is 4.59. The SMILES string of the molecule is COc1ccccc1OCC1CN(C(=O)c2cnc3ccccc3n2)CCO1. The number of methoxy groups -OCH3 is 1. The molecule has 1 aliphatic heterocycles. The highest BCUT2D eigenvalue weighted by Gasteiger charge is 2.27. The fourth-order valence-corrected chi connectivity index (χ4v) is 3.15. The molecule has 0 bridgehead atoms. The lowest BCUT2D eigenvalue weighted by Gasteiger charge is -2.32. The summed E-state index contributed by atoms with van der Waals surface area (Å²) in [4.78, 5) is 23.4. The van der Waals surface area contributed by atoms with Gasteiger partial charge >= 0.3 is 0 Å².